The third-order valence-electron chi connectivity index (χ3n) is 2.80. The molecule has 1 aromatic carbocycles. The number of nitrogens with one attached hydrogen (secondary N) is 1. The second kappa shape index (κ2) is 7.15. The van der Waals surface area contributed by atoms with Gasteiger partial charge in [-0.1, -0.05) is 39.0 Å². The summed E-state index contributed by atoms with van der Waals surface area (Å²) in [6.07, 6.45) is 1.00. The van der Waals surface area contributed by atoms with Crippen LogP contribution in [0.1, 0.15) is 38.7 Å². The summed E-state index contributed by atoms with van der Waals surface area (Å²) >= 11 is 1.94. The fourth-order valence-corrected chi connectivity index (χ4v) is 2.94. The van der Waals surface area contributed by atoms with E-state index in [4.69, 9.17) is 0 Å². The van der Waals surface area contributed by atoms with E-state index in [1.165, 1.54) is 0 Å². The molecule has 0 aromatic heterocycles. The predicted octanol–water partition coefficient (Wildman–Crippen LogP) is 4.05. The Balaban J connectivity index is 2.63. The lowest BCUT2D eigenvalue weighted by Crippen LogP contribution is -2.19. The van der Waals surface area contributed by atoms with Crippen LogP contribution in [-0.4, -0.2) is 24.1 Å². The number of halogens is 1. The lowest BCUT2D eigenvalue weighted by atomic mass is 9.96. The molecular formula is C15H24FNS. The summed E-state index contributed by atoms with van der Waals surface area (Å²) in [6, 6.07) is 7.12. The minimum Gasteiger partial charge on any atom is -0.319 e. The number of likely N-dealkylation sites (N-methyl/N-ethyl adjacent to an activating group) is 1. The number of benzene rings is 1. The third-order valence-corrected chi connectivity index (χ3v) is 4.10. The van der Waals surface area contributed by atoms with Crippen molar-refractivity contribution in [1.29, 1.82) is 0 Å². The first kappa shape index (κ1) is 15.5. The molecule has 0 saturated carbocycles. The number of thioether (sulfide) groups is 1. The van der Waals surface area contributed by atoms with E-state index in [0.717, 1.165) is 24.3 Å². The van der Waals surface area contributed by atoms with Crippen LogP contribution < -0.4 is 5.32 Å². The van der Waals surface area contributed by atoms with Crippen molar-refractivity contribution in [1.82, 2.24) is 5.32 Å². The summed E-state index contributed by atoms with van der Waals surface area (Å²) in [6.45, 7) is 7.47. The minimum atomic E-state index is -0.0847. The van der Waals surface area contributed by atoms with Crippen molar-refractivity contribution in [3.8, 4) is 0 Å². The van der Waals surface area contributed by atoms with Gasteiger partial charge in [-0.2, -0.15) is 11.8 Å². The van der Waals surface area contributed by atoms with E-state index < -0.39 is 0 Å². The average molecular weight is 269 g/mol. The molecule has 1 nitrogen and oxygen atoms in total. The van der Waals surface area contributed by atoms with Crippen molar-refractivity contribution in [2.24, 2.45) is 0 Å². The Kier molecular flexibility index (Phi) is 6.16. The molecule has 3 heteroatoms. The Labute approximate surface area is 115 Å². The summed E-state index contributed by atoms with van der Waals surface area (Å²) in [7, 11) is 1.92. The van der Waals surface area contributed by atoms with E-state index in [9.17, 15) is 4.39 Å². The molecule has 1 N–H and O–H groups in total. The maximum atomic E-state index is 13.8. The van der Waals surface area contributed by atoms with Crippen LogP contribution in [-0.2, 0) is 0 Å². The summed E-state index contributed by atoms with van der Waals surface area (Å²) < 4.78 is 14.1. The zero-order chi connectivity index (χ0) is 13.6. The maximum Gasteiger partial charge on any atom is 0.126 e. The third kappa shape index (κ3) is 5.40. The van der Waals surface area contributed by atoms with Crippen molar-refractivity contribution in [3.05, 3.63) is 35.6 Å². The van der Waals surface area contributed by atoms with Gasteiger partial charge in [0.15, 0.2) is 0 Å². The fraction of sp³-hybridized carbons (Fsp3) is 0.600. The smallest absolute Gasteiger partial charge is 0.126 e. The monoisotopic (exact) mass is 269 g/mol. The zero-order valence-electron chi connectivity index (χ0n) is 11.8. The van der Waals surface area contributed by atoms with Crippen molar-refractivity contribution >= 4 is 11.8 Å². The molecule has 0 saturated heterocycles. The SMILES string of the molecule is CNCC(CCSC(C)(C)C)c1ccccc1F. The largest absolute Gasteiger partial charge is 0.319 e. The van der Waals surface area contributed by atoms with Crippen LogP contribution in [0.25, 0.3) is 0 Å². The van der Waals surface area contributed by atoms with E-state index in [2.05, 4.69) is 26.1 Å². The van der Waals surface area contributed by atoms with Crippen LogP contribution in [0, 0.1) is 5.82 Å². The van der Waals surface area contributed by atoms with Crippen LogP contribution in [0.5, 0.6) is 0 Å². The highest BCUT2D eigenvalue weighted by Gasteiger charge is 2.17. The van der Waals surface area contributed by atoms with E-state index in [1.807, 2.05) is 30.9 Å². The van der Waals surface area contributed by atoms with Gasteiger partial charge in [-0.15, -0.1) is 0 Å². The molecular weight excluding hydrogens is 245 g/mol. The van der Waals surface area contributed by atoms with Crippen molar-refractivity contribution < 1.29 is 4.39 Å². The Morgan fingerprint density at radius 3 is 2.50 bits per heavy atom. The molecule has 1 unspecified atom stereocenters. The molecule has 0 amide bonds. The first-order chi connectivity index (χ1) is 8.44. The molecule has 0 aliphatic rings. The van der Waals surface area contributed by atoms with Crippen molar-refractivity contribution in [3.63, 3.8) is 0 Å². The van der Waals surface area contributed by atoms with Crippen LogP contribution in [0.2, 0.25) is 0 Å². The zero-order valence-corrected chi connectivity index (χ0v) is 12.6. The van der Waals surface area contributed by atoms with Gasteiger partial charge in [-0.05, 0) is 30.9 Å². The molecule has 1 rings (SSSR count). The molecule has 18 heavy (non-hydrogen) atoms. The van der Waals surface area contributed by atoms with E-state index >= 15 is 0 Å². The van der Waals surface area contributed by atoms with Gasteiger partial charge in [-0.3, -0.25) is 0 Å². The number of rotatable bonds is 6. The van der Waals surface area contributed by atoms with E-state index in [1.54, 1.807) is 12.1 Å². The minimum absolute atomic E-state index is 0.0847. The second-order valence-corrected chi connectivity index (χ2v) is 7.45. The Bertz CT molecular complexity index is 360. The van der Waals surface area contributed by atoms with Crippen molar-refractivity contribution in [2.45, 2.75) is 37.9 Å². The van der Waals surface area contributed by atoms with Crippen LogP contribution in [0.3, 0.4) is 0 Å². The molecule has 0 spiro atoms. The lowest BCUT2D eigenvalue weighted by Gasteiger charge is -2.21. The first-order valence-corrected chi connectivity index (χ1v) is 7.45. The summed E-state index contributed by atoms with van der Waals surface area (Å²) in [5.74, 6) is 1.23. The van der Waals surface area contributed by atoms with Crippen molar-refractivity contribution in [2.75, 3.05) is 19.3 Å². The molecule has 0 fully saturated rings. The summed E-state index contributed by atoms with van der Waals surface area (Å²) in [5, 5.41) is 3.17. The lowest BCUT2D eigenvalue weighted by molar-refractivity contribution is 0.551. The number of hydrogen-bond acceptors (Lipinski definition) is 2. The average Bonchev–Trinajstić information content (AvgIpc) is 2.27. The van der Waals surface area contributed by atoms with Gasteiger partial charge in [0, 0.05) is 17.2 Å². The Morgan fingerprint density at radius 2 is 1.94 bits per heavy atom. The van der Waals surface area contributed by atoms with Crippen LogP contribution in [0.4, 0.5) is 4.39 Å². The van der Waals surface area contributed by atoms with Gasteiger partial charge >= 0.3 is 0 Å². The topological polar surface area (TPSA) is 12.0 Å². The van der Waals surface area contributed by atoms with Crippen LogP contribution >= 0.6 is 11.8 Å². The van der Waals surface area contributed by atoms with Gasteiger partial charge < -0.3 is 5.32 Å². The summed E-state index contributed by atoms with van der Waals surface area (Å²) in [5.41, 5.74) is 0.835. The van der Waals surface area contributed by atoms with Gasteiger partial charge in [0.05, 0.1) is 0 Å². The van der Waals surface area contributed by atoms with Gasteiger partial charge in [0.25, 0.3) is 0 Å². The highest BCUT2D eigenvalue weighted by molar-refractivity contribution is 8.00. The molecule has 0 heterocycles. The van der Waals surface area contributed by atoms with Gasteiger partial charge in [0.1, 0.15) is 5.82 Å². The molecule has 1 atom stereocenters. The molecule has 0 radical (unpaired) electrons. The Hall–Kier alpha value is -0.540. The molecule has 1 aromatic rings. The van der Waals surface area contributed by atoms with E-state index in [0.29, 0.717) is 0 Å². The normalized spacial score (nSPS) is 13.6. The quantitative estimate of drug-likeness (QED) is 0.836. The predicted molar refractivity (Wildman–Crippen MR) is 79.9 cm³/mol. The molecule has 0 bridgehead atoms. The van der Waals surface area contributed by atoms with E-state index in [-0.39, 0.29) is 16.5 Å². The molecule has 0 aliphatic heterocycles. The fourth-order valence-electron chi connectivity index (χ4n) is 1.93. The standard InChI is InChI=1S/C15H24FNS/c1-15(2,3)18-10-9-12(11-17-4)13-7-5-6-8-14(13)16/h5-8,12,17H,9-11H2,1-4H3. The number of hydrogen-bond donors (Lipinski definition) is 1. The van der Waals surface area contributed by atoms with Crippen LogP contribution in [0.15, 0.2) is 24.3 Å². The first-order valence-electron chi connectivity index (χ1n) is 6.47. The van der Waals surface area contributed by atoms with Gasteiger partial charge in [-0.25, -0.2) is 4.39 Å². The molecule has 0 aliphatic carbocycles. The van der Waals surface area contributed by atoms with Gasteiger partial charge in [0.2, 0.25) is 0 Å². The highest BCUT2D eigenvalue weighted by atomic mass is 32.2. The summed E-state index contributed by atoms with van der Waals surface area (Å²) in [4.78, 5) is 0. The molecule has 102 valence electrons. The maximum absolute atomic E-state index is 13.8. The second-order valence-electron chi connectivity index (χ2n) is 5.53. The Morgan fingerprint density at radius 1 is 1.28 bits per heavy atom. The highest BCUT2D eigenvalue weighted by Crippen LogP contribution is 2.28.